The van der Waals surface area contributed by atoms with Crippen LogP contribution in [0.4, 0.5) is 0 Å². The van der Waals surface area contributed by atoms with Crippen molar-refractivity contribution in [2.45, 2.75) is 148 Å². The van der Waals surface area contributed by atoms with Crippen molar-refractivity contribution in [2.75, 3.05) is 27.2 Å². The SMILES string of the molecule is CCCCCCCCCCCCCC(O)C[N+](C)(C)CCCCCCCCCCC(=O)O. The van der Waals surface area contributed by atoms with Gasteiger partial charge < -0.3 is 14.7 Å². The van der Waals surface area contributed by atoms with Gasteiger partial charge in [-0.1, -0.05) is 110 Å². The minimum atomic E-state index is -0.672. The number of likely N-dealkylation sites (N-methyl/N-ethyl adjacent to an activating group) is 1. The topological polar surface area (TPSA) is 57.5 Å². The molecule has 32 heavy (non-hydrogen) atoms. The van der Waals surface area contributed by atoms with Gasteiger partial charge in [0.05, 0.1) is 20.6 Å². The summed E-state index contributed by atoms with van der Waals surface area (Å²) in [4.78, 5) is 10.5. The average Bonchev–Trinajstić information content (AvgIpc) is 2.72. The lowest BCUT2D eigenvalue weighted by atomic mass is 10.0. The number of aliphatic hydroxyl groups excluding tert-OH is 1. The number of rotatable bonds is 25. The fraction of sp³-hybridized carbons (Fsp3) is 0.964. The number of carboxylic acid groups (broad SMARTS) is 1. The van der Waals surface area contributed by atoms with Gasteiger partial charge in [0.1, 0.15) is 12.6 Å². The van der Waals surface area contributed by atoms with E-state index in [0.717, 1.165) is 36.8 Å². The molecule has 0 saturated heterocycles. The van der Waals surface area contributed by atoms with E-state index in [1.54, 1.807) is 0 Å². The van der Waals surface area contributed by atoms with Crippen molar-refractivity contribution in [3.63, 3.8) is 0 Å². The Labute approximate surface area is 200 Å². The van der Waals surface area contributed by atoms with Crippen LogP contribution in [0.1, 0.15) is 142 Å². The molecule has 0 saturated carbocycles. The van der Waals surface area contributed by atoms with Crippen molar-refractivity contribution in [1.82, 2.24) is 0 Å². The molecule has 0 rings (SSSR count). The summed E-state index contributed by atoms with van der Waals surface area (Å²) in [6, 6.07) is 0. The highest BCUT2D eigenvalue weighted by atomic mass is 16.4. The molecule has 4 heteroatoms. The minimum Gasteiger partial charge on any atom is -0.481 e. The maximum absolute atomic E-state index is 10.5. The zero-order valence-corrected chi connectivity index (χ0v) is 22.1. The van der Waals surface area contributed by atoms with Crippen LogP contribution >= 0.6 is 0 Å². The largest absolute Gasteiger partial charge is 0.481 e. The van der Waals surface area contributed by atoms with Crippen LogP contribution in [0.25, 0.3) is 0 Å². The first kappa shape index (κ1) is 31.4. The molecular formula is C28H58NO3+. The molecule has 2 N–H and O–H groups in total. The molecule has 0 heterocycles. The monoisotopic (exact) mass is 456 g/mol. The Hall–Kier alpha value is -0.610. The molecule has 0 aliphatic heterocycles. The smallest absolute Gasteiger partial charge is 0.303 e. The number of nitrogens with zero attached hydrogens (tertiary/aromatic N) is 1. The normalized spacial score (nSPS) is 12.9. The van der Waals surface area contributed by atoms with E-state index < -0.39 is 5.97 Å². The van der Waals surface area contributed by atoms with Crippen LogP contribution in [-0.2, 0) is 4.79 Å². The average molecular weight is 457 g/mol. The van der Waals surface area contributed by atoms with Gasteiger partial charge >= 0.3 is 5.97 Å². The molecule has 0 amide bonds. The summed E-state index contributed by atoms with van der Waals surface area (Å²) in [5, 5.41) is 19.1. The summed E-state index contributed by atoms with van der Waals surface area (Å²) < 4.78 is 0.925. The van der Waals surface area contributed by atoms with Crippen molar-refractivity contribution in [3.05, 3.63) is 0 Å². The molecule has 0 aliphatic rings. The lowest BCUT2D eigenvalue weighted by Crippen LogP contribution is -2.45. The lowest BCUT2D eigenvalue weighted by molar-refractivity contribution is -0.893. The van der Waals surface area contributed by atoms with Crippen LogP contribution in [0.15, 0.2) is 0 Å². The molecule has 192 valence electrons. The van der Waals surface area contributed by atoms with E-state index in [9.17, 15) is 9.90 Å². The summed E-state index contributed by atoms with van der Waals surface area (Å²) in [7, 11) is 4.51. The predicted molar refractivity (Wildman–Crippen MR) is 138 cm³/mol. The maximum Gasteiger partial charge on any atom is 0.303 e. The highest BCUT2D eigenvalue weighted by Gasteiger charge is 2.19. The van der Waals surface area contributed by atoms with Crippen LogP contribution in [-0.4, -0.2) is 54.0 Å². The lowest BCUT2D eigenvalue weighted by Gasteiger charge is -2.32. The number of hydrogen-bond acceptors (Lipinski definition) is 2. The number of aliphatic hydroxyl groups is 1. The molecule has 0 radical (unpaired) electrons. The summed E-state index contributed by atoms with van der Waals surface area (Å²) >= 11 is 0. The Kier molecular flexibility index (Phi) is 21.8. The van der Waals surface area contributed by atoms with Gasteiger partial charge in [0.15, 0.2) is 0 Å². The molecule has 0 aliphatic carbocycles. The summed E-state index contributed by atoms with van der Waals surface area (Å²) in [5.41, 5.74) is 0. The van der Waals surface area contributed by atoms with Crippen molar-refractivity contribution >= 4 is 5.97 Å². The van der Waals surface area contributed by atoms with Gasteiger partial charge in [-0.3, -0.25) is 4.79 Å². The highest BCUT2D eigenvalue weighted by Crippen LogP contribution is 2.15. The molecule has 0 spiro atoms. The molecule has 4 nitrogen and oxygen atoms in total. The Balaban J connectivity index is 3.48. The van der Waals surface area contributed by atoms with Crippen molar-refractivity contribution in [2.24, 2.45) is 0 Å². The Bertz CT molecular complexity index is 411. The molecule has 1 atom stereocenters. The maximum atomic E-state index is 10.5. The van der Waals surface area contributed by atoms with Crippen LogP contribution in [0.2, 0.25) is 0 Å². The highest BCUT2D eigenvalue weighted by molar-refractivity contribution is 5.66. The summed E-state index contributed by atoms with van der Waals surface area (Å²) in [5.74, 6) is -0.672. The van der Waals surface area contributed by atoms with Gasteiger partial charge in [-0.25, -0.2) is 0 Å². The first-order valence-electron chi connectivity index (χ1n) is 14.1. The van der Waals surface area contributed by atoms with Gasteiger partial charge in [-0.2, -0.15) is 0 Å². The molecule has 0 fully saturated rings. The second kappa shape index (κ2) is 22.2. The molecule has 0 aromatic carbocycles. The second-order valence-corrected chi connectivity index (χ2v) is 10.8. The minimum absolute atomic E-state index is 0.158. The molecule has 0 aromatic heterocycles. The van der Waals surface area contributed by atoms with Crippen LogP contribution in [0.3, 0.4) is 0 Å². The van der Waals surface area contributed by atoms with E-state index in [1.165, 1.54) is 109 Å². The number of aliphatic carboxylic acids is 1. The van der Waals surface area contributed by atoms with E-state index in [4.69, 9.17) is 5.11 Å². The quantitative estimate of drug-likeness (QED) is 0.109. The van der Waals surface area contributed by atoms with E-state index >= 15 is 0 Å². The number of carboxylic acids is 1. The first-order chi connectivity index (χ1) is 15.4. The molecule has 0 bridgehead atoms. The predicted octanol–water partition coefficient (Wildman–Crippen LogP) is 7.72. The fourth-order valence-electron chi connectivity index (χ4n) is 4.67. The van der Waals surface area contributed by atoms with Gasteiger partial charge in [0.2, 0.25) is 0 Å². The third-order valence-corrected chi connectivity index (χ3v) is 6.75. The van der Waals surface area contributed by atoms with Gasteiger partial charge in [0.25, 0.3) is 0 Å². The molecular weight excluding hydrogens is 398 g/mol. The Morgan fingerprint density at radius 3 is 1.53 bits per heavy atom. The molecule has 0 aromatic rings. The van der Waals surface area contributed by atoms with Crippen LogP contribution in [0.5, 0.6) is 0 Å². The number of unbranched alkanes of at least 4 members (excludes halogenated alkanes) is 17. The van der Waals surface area contributed by atoms with Gasteiger partial charge in [-0.15, -0.1) is 0 Å². The summed E-state index contributed by atoms with van der Waals surface area (Å²) in [6.07, 6.45) is 25.4. The van der Waals surface area contributed by atoms with Crippen LogP contribution in [0, 0.1) is 0 Å². The zero-order chi connectivity index (χ0) is 23.9. The van der Waals surface area contributed by atoms with Crippen molar-refractivity contribution in [1.29, 1.82) is 0 Å². The van der Waals surface area contributed by atoms with Crippen molar-refractivity contribution in [3.8, 4) is 0 Å². The fourth-order valence-corrected chi connectivity index (χ4v) is 4.67. The van der Waals surface area contributed by atoms with Crippen LogP contribution < -0.4 is 0 Å². The van der Waals surface area contributed by atoms with Gasteiger partial charge in [0, 0.05) is 6.42 Å². The third-order valence-electron chi connectivity index (χ3n) is 6.75. The second-order valence-electron chi connectivity index (χ2n) is 10.8. The van der Waals surface area contributed by atoms with E-state index in [2.05, 4.69) is 21.0 Å². The summed E-state index contributed by atoms with van der Waals surface area (Å²) in [6.45, 7) is 4.30. The van der Waals surface area contributed by atoms with E-state index in [-0.39, 0.29) is 6.10 Å². The standard InChI is InChI=1S/C28H57NO3/c1-4-5-6-7-8-9-10-11-14-17-20-23-27(30)26-29(2,3)25-22-19-16-13-12-15-18-21-24-28(31)32/h27,30H,4-26H2,1-3H3/p+1. The first-order valence-corrected chi connectivity index (χ1v) is 14.1. The number of hydrogen-bond donors (Lipinski definition) is 2. The van der Waals surface area contributed by atoms with E-state index in [1.807, 2.05) is 0 Å². The number of carbonyl (C=O) groups is 1. The number of quaternary nitrogens is 1. The Morgan fingerprint density at radius 2 is 1.06 bits per heavy atom. The third kappa shape index (κ3) is 24.0. The van der Waals surface area contributed by atoms with E-state index in [0.29, 0.717) is 6.42 Å². The Morgan fingerprint density at radius 1 is 0.656 bits per heavy atom. The van der Waals surface area contributed by atoms with Crippen molar-refractivity contribution < 1.29 is 19.5 Å². The van der Waals surface area contributed by atoms with Gasteiger partial charge in [-0.05, 0) is 25.7 Å². The molecule has 1 unspecified atom stereocenters. The zero-order valence-electron chi connectivity index (χ0n) is 22.1.